The molecule has 0 aromatic heterocycles. The van der Waals surface area contributed by atoms with Gasteiger partial charge in [-0.1, -0.05) is 39.0 Å². The first kappa shape index (κ1) is 15.9. The number of methoxy groups -OCH3 is 1. The average Bonchev–Trinajstić information content (AvgIpc) is 2.26. The SMILES string of the molecule is CCCCCCCC(N)CCC(C)(C)OC. The molecule has 98 valence electrons. The van der Waals surface area contributed by atoms with Gasteiger partial charge in [0.05, 0.1) is 5.60 Å². The van der Waals surface area contributed by atoms with E-state index in [0.717, 1.165) is 12.8 Å². The van der Waals surface area contributed by atoms with Crippen molar-refractivity contribution < 1.29 is 4.74 Å². The minimum atomic E-state index is -0.0141. The second kappa shape index (κ2) is 9.00. The molecule has 2 N–H and O–H groups in total. The number of hydrogen-bond acceptors (Lipinski definition) is 2. The van der Waals surface area contributed by atoms with Gasteiger partial charge in [0.15, 0.2) is 0 Å². The molecular weight excluding hydrogens is 198 g/mol. The Balaban J connectivity index is 3.41. The van der Waals surface area contributed by atoms with Gasteiger partial charge in [0.2, 0.25) is 0 Å². The van der Waals surface area contributed by atoms with Gasteiger partial charge < -0.3 is 10.5 Å². The minimum Gasteiger partial charge on any atom is -0.379 e. The van der Waals surface area contributed by atoms with Crippen molar-refractivity contribution in [2.75, 3.05) is 7.11 Å². The zero-order chi connectivity index (χ0) is 12.4. The average molecular weight is 229 g/mol. The highest BCUT2D eigenvalue weighted by Gasteiger charge is 2.17. The third kappa shape index (κ3) is 9.17. The maximum Gasteiger partial charge on any atom is 0.0623 e. The van der Waals surface area contributed by atoms with Crippen LogP contribution in [0.4, 0.5) is 0 Å². The van der Waals surface area contributed by atoms with Crippen molar-refractivity contribution >= 4 is 0 Å². The molecule has 1 unspecified atom stereocenters. The van der Waals surface area contributed by atoms with Crippen LogP contribution in [0.15, 0.2) is 0 Å². The van der Waals surface area contributed by atoms with E-state index in [9.17, 15) is 0 Å². The lowest BCUT2D eigenvalue weighted by Gasteiger charge is -2.24. The Morgan fingerprint density at radius 2 is 1.69 bits per heavy atom. The number of hydrogen-bond donors (Lipinski definition) is 1. The summed E-state index contributed by atoms with van der Waals surface area (Å²) in [6.07, 6.45) is 9.98. The molecule has 0 aliphatic rings. The summed E-state index contributed by atoms with van der Waals surface area (Å²) in [7, 11) is 1.77. The van der Waals surface area contributed by atoms with Gasteiger partial charge in [0, 0.05) is 13.2 Å². The van der Waals surface area contributed by atoms with Crippen molar-refractivity contribution in [3.8, 4) is 0 Å². The molecule has 0 spiro atoms. The first-order valence-corrected chi connectivity index (χ1v) is 6.82. The van der Waals surface area contributed by atoms with Crippen LogP contribution in [0.25, 0.3) is 0 Å². The topological polar surface area (TPSA) is 35.2 Å². The monoisotopic (exact) mass is 229 g/mol. The number of ether oxygens (including phenoxy) is 1. The largest absolute Gasteiger partial charge is 0.379 e. The van der Waals surface area contributed by atoms with Gasteiger partial charge in [-0.15, -0.1) is 0 Å². The van der Waals surface area contributed by atoms with E-state index < -0.39 is 0 Å². The summed E-state index contributed by atoms with van der Waals surface area (Å²) in [5, 5.41) is 0. The molecule has 0 saturated carbocycles. The Morgan fingerprint density at radius 1 is 1.06 bits per heavy atom. The maximum atomic E-state index is 6.09. The fraction of sp³-hybridized carbons (Fsp3) is 1.00. The van der Waals surface area contributed by atoms with Gasteiger partial charge in [-0.25, -0.2) is 0 Å². The number of nitrogens with two attached hydrogens (primary N) is 1. The van der Waals surface area contributed by atoms with Crippen molar-refractivity contribution in [2.24, 2.45) is 5.73 Å². The van der Waals surface area contributed by atoms with Gasteiger partial charge in [-0.3, -0.25) is 0 Å². The fourth-order valence-corrected chi connectivity index (χ4v) is 1.79. The van der Waals surface area contributed by atoms with E-state index in [0.29, 0.717) is 6.04 Å². The molecule has 0 radical (unpaired) electrons. The van der Waals surface area contributed by atoms with E-state index in [1.807, 2.05) is 0 Å². The minimum absolute atomic E-state index is 0.0141. The summed E-state index contributed by atoms with van der Waals surface area (Å²) in [5.74, 6) is 0. The molecule has 0 aliphatic heterocycles. The molecule has 0 heterocycles. The quantitative estimate of drug-likeness (QED) is 0.577. The molecule has 0 aromatic carbocycles. The molecule has 0 amide bonds. The van der Waals surface area contributed by atoms with Crippen LogP contribution in [0.3, 0.4) is 0 Å². The summed E-state index contributed by atoms with van der Waals surface area (Å²) < 4.78 is 5.39. The molecule has 0 rings (SSSR count). The molecule has 0 saturated heterocycles. The first-order valence-electron chi connectivity index (χ1n) is 6.82. The Bertz CT molecular complexity index is 157. The Labute approximate surface area is 102 Å². The van der Waals surface area contributed by atoms with Crippen molar-refractivity contribution in [3.63, 3.8) is 0 Å². The maximum absolute atomic E-state index is 6.09. The van der Waals surface area contributed by atoms with Crippen molar-refractivity contribution in [1.82, 2.24) is 0 Å². The predicted molar refractivity (Wildman–Crippen MR) is 71.7 cm³/mol. The predicted octanol–water partition coefficient (Wildman–Crippen LogP) is 3.88. The highest BCUT2D eigenvalue weighted by atomic mass is 16.5. The highest BCUT2D eigenvalue weighted by Crippen LogP contribution is 2.18. The molecule has 2 nitrogen and oxygen atoms in total. The van der Waals surface area contributed by atoms with E-state index in [2.05, 4.69) is 20.8 Å². The molecule has 1 atom stereocenters. The zero-order valence-electron chi connectivity index (χ0n) is 11.7. The lowest BCUT2D eigenvalue weighted by molar-refractivity contribution is 0.0123. The highest BCUT2D eigenvalue weighted by molar-refractivity contribution is 4.72. The van der Waals surface area contributed by atoms with Crippen molar-refractivity contribution in [1.29, 1.82) is 0 Å². The van der Waals surface area contributed by atoms with E-state index in [1.165, 1.54) is 38.5 Å². The van der Waals surface area contributed by atoms with Gasteiger partial charge in [0.25, 0.3) is 0 Å². The standard InChI is InChI=1S/C14H31NO/c1-5-6-7-8-9-10-13(15)11-12-14(2,3)16-4/h13H,5-12,15H2,1-4H3. The second-order valence-electron chi connectivity index (χ2n) is 5.47. The molecule has 0 fully saturated rings. The van der Waals surface area contributed by atoms with E-state index in [-0.39, 0.29) is 5.60 Å². The van der Waals surface area contributed by atoms with Gasteiger partial charge in [-0.05, 0) is 33.1 Å². The van der Waals surface area contributed by atoms with E-state index >= 15 is 0 Å². The van der Waals surface area contributed by atoms with Crippen LogP contribution in [0.2, 0.25) is 0 Å². The number of rotatable bonds is 10. The summed E-state index contributed by atoms with van der Waals surface area (Å²) in [6.45, 7) is 6.50. The Morgan fingerprint density at radius 3 is 2.25 bits per heavy atom. The van der Waals surface area contributed by atoms with Gasteiger partial charge >= 0.3 is 0 Å². The van der Waals surface area contributed by atoms with Crippen LogP contribution in [0, 0.1) is 0 Å². The normalized spacial score (nSPS) is 14.1. The van der Waals surface area contributed by atoms with E-state index in [4.69, 9.17) is 10.5 Å². The smallest absolute Gasteiger partial charge is 0.0623 e. The molecular formula is C14H31NO. The summed E-state index contributed by atoms with van der Waals surface area (Å²) >= 11 is 0. The zero-order valence-corrected chi connectivity index (χ0v) is 11.7. The fourth-order valence-electron chi connectivity index (χ4n) is 1.79. The van der Waals surface area contributed by atoms with Crippen LogP contribution >= 0.6 is 0 Å². The molecule has 16 heavy (non-hydrogen) atoms. The first-order chi connectivity index (χ1) is 7.52. The van der Waals surface area contributed by atoms with E-state index in [1.54, 1.807) is 7.11 Å². The van der Waals surface area contributed by atoms with Gasteiger partial charge in [-0.2, -0.15) is 0 Å². The van der Waals surface area contributed by atoms with Crippen molar-refractivity contribution in [3.05, 3.63) is 0 Å². The molecule has 2 heteroatoms. The van der Waals surface area contributed by atoms with Crippen LogP contribution in [0.5, 0.6) is 0 Å². The lowest BCUT2D eigenvalue weighted by atomic mass is 9.96. The Hall–Kier alpha value is -0.0800. The summed E-state index contributed by atoms with van der Waals surface area (Å²) in [4.78, 5) is 0. The Kier molecular flexibility index (Phi) is 8.96. The van der Waals surface area contributed by atoms with Crippen LogP contribution < -0.4 is 5.73 Å². The van der Waals surface area contributed by atoms with Gasteiger partial charge in [0.1, 0.15) is 0 Å². The van der Waals surface area contributed by atoms with Crippen LogP contribution in [-0.2, 0) is 4.74 Å². The molecule has 0 aliphatic carbocycles. The molecule has 0 bridgehead atoms. The molecule has 0 aromatic rings. The summed E-state index contributed by atoms with van der Waals surface area (Å²) in [5.41, 5.74) is 6.08. The van der Waals surface area contributed by atoms with Crippen LogP contribution in [-0.4, -0.2) is 18.8 Å². The van der Waals surface area contributed by atoms with Crippen molar-refractivity contribution in [2.45, 2.75) is 83.8 Å². The number of unbranched alkanes of at least 4 members (excludes halogenated alkanes) is 4. The third-order valence-electron chi connectivity index (χ3n) is 3.35. The summed E-state index contributed by atoms with van der Waals surface area (Å²) in [6, 6.07) is 0.357. The second-order valence-corrected chi connectivity index (χ2v) is 5.47. The van der Waals surface area contributed by atoms with Crippen LogP contribution in [0.1, 0.15) is 72.1 Å². The third-order valence-corrected chi connectivity index (χ3v) is 3.35. The lowest BCUT2D eigenvalue weighted by Crippen LogP contribution is -2.28.